The Labute approximate surface area is 154 Å². The van der Waals surface area contributed by atoms with E-state index in [2.05, 4.69) is 12.2 Å². The summed E-state index contributed by atoms with van der Waals surface area (Å²) >= 11 is 5.81. The van der Waals surface area contributed by atoms with Gasteiger partial charge in [-0.1, -0.05) is 31.4 Å². The minimum atomic E-state index is -0.0713. The van der Waals surface area contributed by atoms with Gasteiger partial charge in [-0.3, -0.25) is 4.79 Å². The number of rotatable bonds is 7. The molecule has 0 saturated carbocycles. The van der Waals surface area contributed by atoms with Crippen LogP contribution in [0.5, 0.6) is 5.75 Å². The zero-order valence-corrected chi connectivity index (χ0v) is 15.4. The lowest BCUT2D eigenvalue weighted by atomic mass is 10.2. The van der Waals surface area contributed by atoms with Gasteiger partial charge in [0.25, 0.3) is 5.91 Å². The third kappa shape index (κ3) is 6.46. The number of ether oxygens (including phenoxy) is 1. The molecule has 1 aromatic carbocycles. The summed E-state index contributed by atoms with van der Waals surface area (Å²) in [6.45, 7) is 5.00. The molecule has 1 saturated heterocycles. The van der Waals surface area contributed by atoms with Crippen molar-refractivity contribution < 1.29 is 14.3 Å². The van der Waals surface area contributed by atoms with Gasteiger partial charge in [0.2, 0.25) is 0 Å². The maximum Gasteiger partial charge on any atom is 0.317 e. The highest BCUT2D eigenvalue weighted by Gasteiger charge is 2.24. The molecule has 0 aromatic heterocycles. The fourth-order valence-electron chi connectivity index (χ4n) is 2.61. The van der Waals surface area contributed by atoms with Gasteiger partial charge in [0.1, 0.15) is 5.75 Å². The van der Waals surface area contributed by atoms with Crippen LogP contribution in [-0.2, 0) is 4.79 Å². The van der Waals surface area contributed by atoms with E-state index in [4.69, 9.17) is 16.3 Å². The summed E-state index contributed by atoms with van der Waals surface area (Å²) in [5.41, 5.74) is 0. The predicted octanol–water partition coefficient (Wildman–Crippen LogP) is 2.76. The minimum absolute atomic E-state index is 0.00908. The van der Waals surface area contributed by atoms with Crippen molar-refractivity contribution in [3.8, 4) is 5.75 Å². The van der Waals surface area contributed by atoms with E-state index in [1.54, 1.807) is 34.1 Å². The summed E-state index contributed by atoms with van der Waals surface area (Å²) in [6, 6.07) is 6.87. The van der Waals surface area contributed by atoms with E-state index in [9.17, 15) is 9.59 Å². The molecular weight excluding hydrogens is 342 g/mol. The molecule has 0 spiro atoms. The van der Waals surface area contributed by atoms with Crippen molar-refractivity contribution in [1.82, 2.24) is 15.1 Å². The zero-order chi connectivity index (χ0) is 18.1. The molecule has 3 amide bonds. The van der Waals surface area contributed by atoms with Crippen LogP contribution in [0.15, 0.2) is 24.3 Å². The first-order valence-electron chi connectivity index (χ1n) is 8.79. The van der Waals surface area contributed by atoms with Crippen molar-refractivity contribution in [1.29, 1.82) is 0 Å². The molecule has 1 aliphatic rings. The van der Waals surface area contributed by atoms with E-state index >= 15 is 0 Å². The standard InChI is InChI=1S/C18H26ClN3O3/c1-2-3-4-9-20-18(24)22-12-10-21(11-13-22)17(23)14-25-16-7-5-15(19)6-8-16/h5-8H,2-4,9-14H2,1H3,(H,20,24). The predicted molar refractivity (Wildman–Crippen MR) is 98.0 cm³/mol. The Morgan fingerprint density at radius 1 is 1.08 bits per heavy atom. The monoisotopic (exact) mass is 367 g/mol. The Morgan fingerprint density at radius 3 is 2.36 bits per heavy atom. The average Bonchev–Trinajstić information content (AvgIpc) is 2.64. The van der Waals surface area contributed by atoms with Crippen LogP contribution in [0, 0.1) is 0 Å². The summed E-state index contributed by atoms with van der Waals surface area (Å²) in [4.78, 5) is 27.8. The number of unbranched alkanes of at least 4 members (excludes halogenated alkanes) is 2. The highest BCUT2D eigenvalue weighted by Crippen LogP contribution is 2.15. The molecule has 1 heterocycles. The molecule has 2 rings (SSSR count). The Bertz CT molecular complexity index is 557. The van der Waals surface area contributed by atoms with E-state index in [1.165, 1.54) is 0 Å². The summed E-state index contributed by atoms with van der Waals surface area (Å²) in [5.74, 6) is 0.542. The summed E-state index contributed by atoms with van der Waals surface area (Å²) in [6.07, 6.45) is 3.26. The number of urea groups is 1. The molecule has 6 nitrogen and oxygen atoms in total. The number of hydrogen-bond acceptors (Lipinski definition) is 3. The van der Waals surface area contributed by atoms with Crippen molar-refractivity contribution >= 4 is 23.5 Å². The average molecular weight is 368 g/mol. The zero-order valence-electron chi connectivity index (χ0n) is 14.7. The summed E-state index contributed by atoms with van der Waals surface area (Å²) in [7, 11) is 0. The first-order chi connectivity index (χ1) is 12.1. The quantitative estimate of drug-likeness (QED) is 0.754. The van der Waals surface area contributed by atoms with Crippen LogP contribution in [0.1, 0.15) is 26.2 Å². The van der Waals surface area contributed by atoms with E-state index in [1.807, 2.05) is 0 Å². The second-order valence-corrected chi connectivity index (χ2v) is 6.49. The number of carbonyl (C=O) groups excluding carboxylic acids is 2. The van der Waals surface area contributed by atoms with E-state index in [0.717, 1.165) is 19.3 Å². The number of halogens is 1. The third-order valence-electron chi connectivity index (χ3n) is 4.15. The molecule has 0 atom stereocenters. The lowest BCUT2D eigenvalue weighted by molar-refractivity contribution is -0.134. The summed E-state index contributed by atoms with van der Waals surface area (Å²) in [5, 5.41) is 3.56. The smallest absolute Gasteiger partial charge is 0.317 e. The van der Waals surface area contributed by atoms with E-state index < -0.39 is 0 Å². The molecule has 1 aliphatic heterocycles. The molecule has 1 aromatic rings. The molecule has 7 heteroatoms. The molecule has 0 radical (unpaired) electrons. The van der Waals surface area contributed by atoms with Crippen LogP contribution in [0.25, 0.3) is 0 Å². The molecule has 0 unspecified atom stereocenters. The van der Waals surface area contributed by atoms with Gasteiger partial charge in [-0.05, 0) is 30.7 Å². The number of nitrogens with one attached hydrogen (secondary N) is 1. The highest BCUT2D eigenvalue weighted by molar-refractivity contribution is 6.30. The van der Waals surface area contributed by atoms with Gasteiger partial charge in [0.05, 0.1) is 0 Å². The van der Waals surface area contributed by atoms with Gasteiger partial charge in [0.15, 0.2) is 6.61 Å². The van der Waals surface area contributed by atoms with Crippen LogP contribution in [0.4, 0.5) is 4.79 Å². The Morgan fingerprint density at radius 2 is 1.72 bits per heavy atom. The van der Waals surface area contributed by atoms with Crippen molar-refractivity contribution in [3.63, 3.8) is 0 Å². The Hall–Kier alpha value is -1.95. The van der Waals surface area contributed by atoms with Crippen LogP contribution < -0.4 is 10.1 Å². The largest absolute Gasteiger partial charge is 0.484 e. The van der Waals surface area contributed by atoms with Gasteiger partial charge in [-0.15, -0.1) is 0 Å². The lowest BCUT2D eigenvalue weighted by Gasteiger charge is -2.34. The Balaban J connectivity index is 1.67. The molecule has 138 valence electrons. The molecule has 1 fully saturated rings. The van der Waals surface area contributed by atoms with Crippen LogP contribution >= 0.6 is 11.6 Å². The fourth-order valence-corrected chi connectivity index (χ4v) is 2.73. The second-order valence-electron chi connectivity index (χ2n) is 6.05. The first-order valence-corrected chi connectivity index (χ1v) is 9.17. The number of piperazine rings is 1. The number of carbonyl (C=O) groups is 2. The number of benzene rings is 1. The first kappa shape index (κ1) is 19.4. The second kappa shape index (κ2) is 10.1. The maximum absolute atomic E-state index is 12.2. The van der Waals surface area contributed by atoms with Crippen LogP contribution in [0.2, 0.25) is 5.02 Å². The summed E-state index contributed by atoms with van der Waals surface area (Å²) < 4.78 is 5.48. The number of amides is 3. The topological polar surface area (TPSA) is 61.9 Å². The lowest BCUT2D eigenvalue weighted by Crippen LogP contribution is -2.54. The SMILES string of the molecule is CCCCCNC(=O)N1CCN(C(=O)COc2ccc(Cl)cc2)CC1. The molecule has 0 bridgehead atoms. The van der Waals surface area contributed by atoms with Gasteiger partial charge >= 0.3 is 6.03 Å². The van der Waals surface area contributed by atoms with Gasteiger partial charge in [0, 0.05) is 37.7 Å². The normalized spacial score (nSPS) is 14.3. The molecule has 1 N–H and O–H groups in total. The third-order valence-corrected chi connectivity index (χ3v) is 4.40. The van der Waals surface area contributed by atoms with Crippen molar-refractivity contribution in [2.24, 2.45) is 0 Å². The minimum Gasteiger partial charge on any atom is -0.484 e. The van der Waals surface area contributed by atoms with Gasteiger partial charge in [-0.25, -0.2) is 4.79 Å². The van der Waals surface area contributed by atoms with Gasteiger partial charge < -0.3 is 19.9 Å². The molecule has 0 aliphatic carbocycles. The maximum atomic E-state index is 12.2. The van der Waals surface area contributed by atoms with Crippen molar-refractivity contribution in [2.45, 2.75) is 26.2 Å². The Kier molecular flexibility index (Phi) is 7.85. The fraction of sp³-hybridized carbons (Fsp3) is 0.556. The van der Waals surface area contributed by atoms with Crippen molar-refractivity contribution in [2.75, 3.05) is 39.3 Å². The van der Waals surface area contributed by atoms with Crippen LogP contribution in [-0.4, -0.2) is 61.1 Å². The van der Waals surface area contributed by atoms with Gasteiger partial charge in [-0.2, -0.15) is 0 Å². The van der Waals surface area contributed by atoms with E-state index in [0.29, 0.717) is 43.5 Å². The van der Waals surface area contributed by atoms with Crippen LogP contribution in [0.3, 0.4) is 0 Å². The number of nitrogens with zero attached hydrogens (tertiary/aromatic N) is 2. The number of hydrogen-bond donors (Lipinski definition) is 1. The highest BCUT2D eigenvalue weighted by atomic mass is 35.5. The van der Waals surface area contributed by atoms with E-state index in [-0.39, 0.29) is 18.5 Å². The molecule has 25 heavy (non-hydrogen) atoms. The molecular formula is C18H26ClN3O3. The van der Waals surface area contributed by atoms with Crippen molar-refractivity contribution in [3.05, 3.63) is 29.3 Å².